The number of ether oxygens (including phenoxy) is 3. The fourth-order valence-electron chi connectivity index (χ4n) is 1.42. The summed E-state index contributed by atoms with van der Waals surface area (Å²) in [6.45, 7) is 9.38. The van der Waals surface area contributed by atoms with Crippen molar-refractivity contribution in [2.75, 3.05) is 47.3 Å². The molecular formula is C14H28O6Si. The highest BCUT2D eigenvalue weighted by molar-refractivity contribution is 6.65. The van der Waals surface area contributed by atoms with Crippen molar-refractivity contribution in [3.05, 3.63) is 12.2 Å². The van der Waals surface area contributed by atoms with Crippen molar-refractivity contribution in [1.82, 2.24) is 0 Å². The third kappa shape index (κ3) is 10.6. The number of carbonyl (C=O) groups excluding carboxylic acids is 1. The first-order valence-electron chi connectivity index (χ1n) is 7.03. The van der Waals surface area contributed by atoms with E-state index in [1.54, 1.807) is 21.1 Å². The van der Waals surface area contributed by atoms with Gasteiger partial charge in [0.05, 0.1) is 19.8 Å². The number of rotatable bonds is 13. The highest BCUT2D eigenvalue weighted by atomic mass is 28.4. The van der Waals surface area contributed by atoms with Gasteiger partial charge in [-0.05, 0) is 25.9 Å². The predicted molar refractivity (Wildman–Crippen MR) is 82.5 cm³/mol. The summed E-state index contributed by atoms with van der Waals surface area (Å²) in [6.07, 6.45) is 0.903. The van der Waals surface area contributed by atoms with Gasteiger partial charge in [0, 0.05) is 26.4 Å². The van der Waals surface area contributed by atoms with Crippen molar-refractivity contribution in [1.29, 1.82) is 0 Å². The maximum absolute atomic E-state index is 11.1. The van der Waals surface area contributed by atoms with Crippen LogP contribution in [0.1, 0.15) is 13.3 Å². The Morgan fingerprint density at radius 1 is 1.00 bits per heavy atom. The van der Waals surface area contributed by atoms with Gasteiger partial charge in [0.25, 0.3) is 0 Å². The van der Waals surface area contributed by atoms with E-state index in [-0.39, 0.29) is 6.61 Å². The van der Waals surface area contributed by atoms with Crippen LogP contribution in [0.5, 0.6) is 0 Å². The molecule has 0 radical (unpaired) electrons. The van der Waals surface area contributed by atoms with E-state index in [0.29, 0.717) is 32.0 Å². The van der Waals surface area contributed by atoms with Crippen LogP contribution in [0.3, 0.4) is 0 Å². The van der Waals surface area contributed by atoms with Gasteiger partial charge in [-0.3, -0.25) is 0 Å². The molecule has 0 spiro atoms. The molecule has 0 bridgehead atoms. The lowest BCUT2D eigenvalue weighted by molar-refractivity contribution is -0.140. The molecule has 0 rings (SSSR count). The van der Waals surface area contributed by atoms with Crippen LogP contribution in [-0.4, -0.2) is 61.8 Å². The molecule has 0 amide bonds. The molecule has 7 heteroatoms. The first-order chi connectivity index (χ1) is 9.95. The Morgan fingerprint density at radius 3 is 2.05 bits per heavy atom. The molecule has 0 fully saturated rings. The summed E-state index contributed by atoms with van der Waals surface area (Å²) >= 11 is 0. The van der Waals surface area contributed by atoms with Crippen molar-refractivity contribution in [3.8, 4) is 0 Å². The molecular weight excluding hydrogens is 292 g/mol. The van der Waals surface area contributed by atoms with Crippen LogP contribution in [0.4, 0.5) is 0 Å². The molecule has 0 heterocycles. The molecule has 6 nitrogen and oxygen atoms in total. The minimum Gasteiger partial charge on any atom is -0.460 e. The number of esters is 1. The summed E-state index contributed by atoms with van der Waals surface area (Å²) < 4.78 is 26.4. The van der Waals surface area contributed by atoms with E-state index < -0.39 is 14.5 Å². The maximum Gasteiger partial charge on any atom is 0.334 e. The standard InChI is InChI=1S/C14H28O6Si/c1-13(2)14(15)20-11-10-19-9-8-18-7-6-12-21(5,16-3)17-4/h1,6-12H2,2-5H3. The van der Waals surface area contributed by atoms with Crippen LogP contribution < -0.4 is 0 Å². The first kappa shape index (κ1) is 20.3. The fourth-order valence-corrected chi connectivity index (χ4v) is 2.78. The summed E-state index contributed by atoms with van der Waals surface area (Å²) in [5, 5.41) is 0. The lowest BCUT2D eigenvalue weighted by Gasteiger charge is -2.22. The van der Waals surface area contributed by atoms with Crippen molar-refractivity contribution in [2.45, 2.75) is 25.9 Å². The predicted octanol–water partition coefficient (Wildman–Crippen LogP) is 1.89. The van der Waals surface area contributed by atoms with Gasteiger partial charge in [0.15, 0.2) is 0 Å². The van der Waals surface area contributed by atoms with Gasteiger partial charge < -0.3 is 23.1 Å². The zero-order valence-corrected chi connectivity index (χ0v) is 14.6. The van der Waals surface area contributed by atoms with E-state index in [1.807, 2.05) is 6.55 Å². The van der Waals surface area contributed by atoms with E-state index in [1.165, 1.54) is 0 Å². The largest absolute Gasteiger partial charge is 0.460 e. The van der Waals surface area contributed by atoms with Gasteiger partial charge in [-0.15, -0.1) is 0 Å². The van der Waals surface area contributed by atoms with Crippen LogP contribution in [0, 0.1) is 0 Å². The second-order valence-corrected chi connectivity index (χ2v) is 8.37. The molecule has 0 aromatic heterocycles. The van der Waals surface area contributed by atoms with E-state index in [4.69, 9.17) is 23.1 Å². The topological polar surface area (TPSA) is 63.2 Å². The Morgan fingerprint density at radius 2 is 1.52 bits per heavy atom. The summed E-state index contributed by atoms with van der Waals surface area (Å²) in [5.41, 5.74) is 0.390. The summed E-state index contributed by atoms with van der Waals surface area (Å²) in [6, 6.07) is 0.901. The monoisotopic (exact) mass is 320 g/mol. The van der Waals surface area contributed by atoms with Crippen LogP contribution >= 0.6 is 0 Å². The number of carbonyl (C=O) groups is 1. The highest BCUT2D eigenvalue weighted by Crippen LogP contribution is 2.13. The Labute approximate surface area is 128 Å². The summed E-state index contributed by atoms with van der Waals surface area (Å²) in [7, 11) is 1.40. The van der Waals surface area contributed by atoms with Crippen molar-refractivity contribution >= 4 is 14.5 Å². The van der Waals surface area contributed by atoms with Crippen LogP contribution in [0.15, 0.2) is 12.2 Å². The summed E-state index contributed by atoms with van der Waals surface area (Å²) in [5.74, 6) is -0.390. The van der Waals surface area contributed by atoms with E-state index in [2.05, 4.69) is 6.58 Å². The minimum absolute atomic E-state index is 0.233. The van der Waals surface area contributed by atoms with Crippen molar-refractivity contribution < 1.29 is 27.9 Å². The normalized spacial score (nSPS) is 11.4. The first-order valence-corrected chi connectivity index (χ1v) is 9.56. The number of hydrogen-bond donors (Lipinski definition) is 0. The Bertz CT molecular complexity index is 304. The van der Waals surface area contributed by atoms with Crippen molar-refractivity contribution in [2.24, 2.45) is 0 Å². The molecule has 0 saturated heterocycles. The molecule has 0 unspecified atom stereocenters. The maximum atomic E-state index is 11.1. The van der Waals surface area contributed by atoms with Crippen molar-refractivity contribution in [3.63, 3.8) is 0 Å². The minimum atomic E-state index is -1.97. The molecule has 0 aliphatic rings. The van der Waals surface area contributed by atoms with E-state index in [0.717, 1.165) is 12.5 Å². The van der Waals surface area contributed by atoms with Crippen LogP contribution in [-0.2, 0) is 27.9 Å². The molecule has 0 aromatic carbocycles. The van der Waals surface area contributed by atoms with Crippen LogP contribution in [0.2, 0.25) is 12.6 Å². The lowest BCUT2D eigenvalue weighted by atomic mass is 10.4. The average Bonchev–Trinajstić information content (AvgIpc) is 2.48. The van der Waals surface area contributed by atoms with Crippen LogP contribution in [0.25, 0.3) is 0 Å². The third-order valence-electron chi connectivity index (χ3n) is 2.96. The van der Waals surface area contributed by atoms with E-state index in [9.17, 15) is 4.79 Å². The Kier molecular flexibility index (Phi) is 11.5. The zero-order chi connectivity index (χ0) is 16.1. The molecule has 0 atom stereocenters. The molecule has 0 aromatic rings. The van der Waals surface area contributed by atoms with Gasteiger partial charge in [0.1, 0.15) is 6.61 Å². The molecule has 21 heavy (non-hydrogen) atoms. The molecule has 0 aliphatic heterocycles. The Balaban J connectivity index is 3.34. The number of hydrogen-bond acceptors (Lipinski definition) is 6. The quantitative estimate of drug-likeness (QED) is 0.223. The van der Waals surface area contributed by atoms with E-state index >= 15 is 0 Å². The van der Waals surface area contributed by atoms with Gasteiger partial charge in [-0.2, -0.15) is 0 Å². The second-order valence-electron chi connectivity index (χ2n) is 4.79. The summed E-state index contributed by atoms with van der Waals surface area (Å²) in [4.78, 5) is 11.1. The molecule has 0 saturated carbocycles. The fraction of sp³-hybridized carbons (Fsp3) is 0.786. The van der Waals surface area contributed by atoms with Gasteiger partial charge in [-0.1, -0.05) is 6.58 Å². The zero-order valence-electron chi connectivity index (χ0n) is 13.6. The van der Waals surface area contributed by atoms with Gasteiger partial charge >= 0.3 is 14.5 Å². The lowest BCUT2D eigenvalue weighted by Crippen LogP contribution is -2.36. The third-order valence-corrected chi connectivity index (χ3v) is 5.95. The van der Waals surface area contributed by atoms with Gasteiger partial charge in [-0.25, -0.2) is 4.79 Å². The highest BCUT2D eigenvalue weighted by Gasteiger charge is 2.27. The smallest absolute Gasteiger partial charge is 0.334 e. The molecule has 0 aliphatic carbocycles. The molecule has 124 valence electrons. The molecule has 0 N–H and O–H groups in total. The average molecular weight is 320 g/mol. The van der Waals surface area contributed by atoms with Gasteiger partial charge in [0.2, 0.25) is 0 Å². The Hall–Kier alpha value is -0.733. The second kappa shape index (κ2) is 11.9. The SMILES string of the molecule is C=C(C)C(=O)OCCOCCOCCC[Si](C)(OC)OC.